The molecule has 0 saturated heterocycles. The van der Waals surface area contributed by atoms with Crippen molar-refractivity contribution >= 4 is 17.0 Å². The van der Waals surface area contributed by atoms with E-state index in [9.17, 15) is 0 Å². The zero-order chi connectivity index (χ0) is 22.5. The molecule has 6 heteroatoms. The van der Waals surface area contributed by atoms with Crippen molar-refractivity contribution in [3.8, 4) is 28.3 Å². The highest BCUT2D eigenvalue weighted by Gasteiger charge is 2.18. The van der Waals surface area contributed by atoms with Gasteiger partial charge in [-0.05, 0) is 42.0 Å². The van der Waals surface area contributed by atoms with Gasteiger partial charge in [-0.25, -0.2) is 15.0 Å². The summed E-state index contributed by atoms with van der Waals surface area (Å²) in [5, 5.41) is 0. The number of nitrogens with two attached hydrogens (primary N) is 2. The van der Waals surface area contributed by atoms with Crippen molar-refractivity contribution in [2.24, 2.45) is 5.73 Å². The lowest BCUT2D eigenvalue weighted by atomic mass is 10.1. The van der Waals surface area contributed by atoms with E-state index in [1.54, 1.807) is 6.20 Å². The summed E-state index contributed by atoms with van der Waals surface area (Å²) in [4.78, 5) is 14.0. The van der Waals surface area contributed by atoms with Crippen LogP contribution in [0.4, 0.5) is 5.82 Å². The van der Waals surface area contributed by atoms with Crippen molar-refractivity contribution in [1.82, 2.24) is 19.5 Å². The second-order valence-electron chi connectivity index (χ2n) is 6.98. The predicted octanol–water partition coefficient (Wildman–Crippen LogP) is 5.22. The van der Waals surface area contributed by atoms with Crippen molar-refractivity contribution in [2.45, 2.75) is 20.4 Å². The molecule has 3 aromatic heterocycles. The lowest BCUT2D eigenvalue weighted by Gasteiger charge is -2.11. The summed E-state index contributed by atoms with van der Waals surface area (Å²) in [7, 11) is 0. The number of pyridine rings is 2. The van der Waals surface area contributed by atoms with Crippen LogP contribution >= 0.6 is 0 Å². The van der Waals surface area contributed by atoms with E-state index in [0.717, 1.165) is 39.2 Å². The van der Waals surface area contributed by atoms with Gasteiger partial charge in [-0.1, -0.05) is 56.3 Å². The molecule has 6 nitrogen and oxygen atoms in total. The highest BCUT2D eigenvalue weighted by Crippen LogP contribution is 2.31. The monoisotopic (exact) mass is 422 g/mol. The van der Waals surface area contributed by atoms with Crippen LogP contribution in [-0.4, -0.2) is 19.5 Å². The lowest BCUT2D eigenvalue weighted by molar-refractivity contribution is 1.05. The van der Waals surface area contributed by atoms with Gasteiger partial charge in [0.25, 0.3) is 0 Å². The molecule has 160 valence electrons. The first-order chi connectivity index (χ1) is 15.7. The molecule has 2 aromatic carbocycles. The Hall–Kier alpha value is -4.03. The molecule has 32 heavy (non-hydrogen) atoms. The Balaban J connectivity index is 0.00000119. The standard InChI is InChI=1S/C24H20N6.C2H6/c25-15-16-8-10-18(11-9-16)30-23(19-7-4-14-27-22(19)26)29-21-13-12-20(28-24(21)30)17-5-2-1-3-6-17;1-2/h1-14H,15,25H2,(H2,26,27);1-2H3. The van der Waals surface area contributed by atoms with Crippen LogP contribution in [0.25, 0.3) is 39.5 Å². The van der Waals surface area contributed by atoms with Crippen molar-refractivity contribution < 1.29 is 0 Å². The highest BCUT2D eigenvalue weighted by atomic mass is 15.1. The molecule has 0 bridgehead atoms. The number of nitrogen functional groups attached to an aromatic ring is 1. The highest BCUT2D eigenvalue weighted by molar-refractivity contribution is 5.84. The zero-order valence-corrected chi connectivity index (χ0v) is 18.2. The molecule has 0 spiro atoms. The minimum Gasteiger partial charge on any atom is -0.383 e. The third-order valence-electron chi connectivity index (χ3n) is 5.08. The zero-order valence-electron chi connectivity index (χ0n) is 18.2. The van der Waals surface area contributed by atoms with E-state index in [2.05, 4.69) is 4.98 Å². The lowest BCUT2D eigenvalue weighted by Crippen LogP contribution is -2.03. The molecule has 0 radical (unpaired) electrons. The van der Waals surface area contributed by atoms with Gasteiger partial charge >= 0.3 is 0 Å². The molecule has 4 N–H and O–H groups in total. The van der Waals surface area contributed by atoms with Crippen LogP contribution < -0.4 is 11.5 Å². The molecule has 5 aromatic rings. The molecule has 0 fully saturated rings. The quantitative estimate of drug-likeness (QED) is 0.414. The average Bonchev–Trinajstić information content (AvgIpc) is 3.24. The van der Waals surface area contributed by atoms with Crippen LogP contribution in [0.1, 0.15) is 19.4 Å². The number of benzene rings is 2. The Morgan fingerprint density at radius 2 is 1.56 bits per heavy atom. The van der Waals surface area contributed by atoms with Crippen molar-refractivity contribution in [3.05, 3.63) is 90.6 Å². The van der Waals surface area contributed by atoms with Gasteiger partial charge in [-0.2, -0.15) is 0 Å². The number of hydrogen-bond donors (Lipinski definition) is 2. The molecule has 0 aliphatic carbocycles. The van der Waals surface area contributed by atoms with Crippen LogP contribution in [0.5, 0.6) is 0 Å². The molecule has 0 unspecified atom stereocenters. The Morgan fingerprint density at radius 1 is 0.812 bits per heavy atom. The summed E-state index contributed by atoms with van der Waals surface area (Å²) >= 11 is 0. The van der Waals surface area contributed by atoms with E-state index in [0.29, 0.717) is 18.2 Å². The van der Waals surface area contributed by atoms with E-state index in [1.165, 1.54) is 0 Å². The van der Waals surface area contributed by atoms with E-state index in [-0.39, 0.29) is 0 Å². The van der Waals surface area contributed by atoms with Gasteiger partial charge in [-0.15, -0.1) is 0 Å². The third-order valence-corrected chi connectivity index (χ3v) is 5.08. The fraction of sp³-hybridized carbons (Fsp3) is 0.115. The molecule has 0 amide bonds. The predicted molar refractivity (Wildman–Crippen MR) is 131 cm³/mol. The largest absolute Gasteiger partial charge is 0.383 e. The number of fused-ring (bicyclic) bond motifs is 1. The molecule has 0 saturated carbocycles. The summed E-state index contributed by atoms with van der Waals surface area (Å²) in [6, 6.07) is 25.9. The Labute approximate surface area is 187 Å². The summed E-state index contributed by atoms with van der Waals surface area (Å²) in [6.07, 6.45) is 1.67. The SMILES string of the molecule is CC.NCc1ccc(-n2c(-c3cccnc3N)nc3ccc(-c4ccccc4)nc32)cc1. The van der Waals surface area contributed by atoms with Crippen LogP contribution in [-0.2, 0) is 6.54 Å². The van der Waals surface area contributed by atoms with E-state index >= 15 is 0 Å². The summed E-state index contributed by atoms with van der Waals surface area (Å²) in [5.74, 6) is 1.13. The van der Waals surface area contributed by atoms with Gasteiger partial charge in [0.05, 0.1) is 11.3 Å². The molecule has 0 aliphatic rings. The molecule has 0 aliphatic heterocycles. The maximum absolute atomic E-state index is 6.19. The van der Waals surface area contributed by atoms with Gasteiger partial charge in [0, 0.05) is 24.0 Å². The first-order valence-electron chi connectivity index (χ1n) is 10.7. The third kappa shape index (κ3) is 3.96. The summed E-state index contributed by atoms with van der Waals surface area (Å²) < 4.78 is 2.02. The topological polar surface area (TPSA) is 95.6 Å². The molecular formula is C26H26N6. The first-order valence-corrected chi connectivity index (χ1v) is 10.7. The van der Waals surface area contributed by atoms with Crippen molar-refractivity contribution in [2.75, 3.05) is 5.73 Å². The molecule has 3 heterocycles. The average molecular weight is 423 g/mol. The normalized spacial score (nSPS) is 10.6. The van der Waals surface area contributed by atoms with Crippen molar-refractivity contribution in [1.29, 1.82) is 0 Å². The van der Waals surface area contributed by atoms with E-state index in [4.69, 9.17) is 21.4 Å². The fourth-order valence-electron chi connectivity index (χ4n) is 3.54. The minimum atomic E-state index is 0.427. The van der Waals surface area contributed by atoms with E-state index in [1.807, 2.05) is 97.3 Å². The van der Waals surface area contributed by atoms with Gasteiger partial charge in [0.1, 0.15) is 11.3 Å². The van der Waals surface area contributed by atoms with Crippen LogP contribution in [0.2, 0.25) is 0 Å². The number of rotatable bonds is 4. The van der Waals surface area contributed by atoms with Gasteiger partial charge in [0.15, 0.2) is 11.5 Å². The van der Waals surface area contributed by atoms with Gasteiger partial charge in [-0.3, -0.25) is 4.57 Å². The Kier molecular flexibility index (Phi) is 6.24. The van der Waals surface area contributed by atoms with Crippen LogP contribution in [0.3, 0.4) is 0 Å². The second kappa shape index (κ2) is 9.41. The summed E-state index contributed by atoms with van der Waals surface area (Å²) in [6.45, 7) is 4.49. The maximum atomic E-state index is 6.19. The number of anilines is 1. The number of imidazole rings is 1. The Morgan fingerprint density at radius 3 is 2.25 bits per heavy atom. The smallest absolute Gasteiger partial charge is 0.165 e. The van der Waals surface area contributed by atoms with Crippen molar-refractivity contribution in [3.63, 3.8) is 0 Å². The number of hydrogen-bond acceptors (Lipinski definition) is 5. The van der Waals surface area contributed by atoms with Crippen LogP contribution in [0, 0.1) is 0 Å². The minimum absolute atomic E-state index is 0.427. The van der Waals surface area contributed by atoms with Gasteiger partial charge < -0.3 is 11.5 Å². The maximum Gasteiger partial charge on any atom is 0.165 e. The fourth-order valence-corrected chi connectivity index (χ4v) is 3.54. The molecule has 0 atom stereocenters. The van der Waals surface area contributed by atoms with Crippen LogP contribution in [0.15, 0.2) is 85.1 Å². The van der Waals surface area contributed by atoms with Gasteiger partial charge in [0.2, 0.25) is 0 Å². The van der Waals surface area contributed by atoms with E-state index < -0.39 is 0 Å². The first kappa shape index (κ1) is 21.2. The number of nitrogens with zero attached hydrogens (tertiary/aromatic N) is 4. The Bertz CT molecular complexity index is 1320. The molecular weight excluding hydrogens is 396 g/mol. The molecule has 5 rings (SSSR count). The number of aromatic nitrogens is 4. The summed E-state index contributed by atoms with van der Waals surface area (Å²) in [5.41, 5.74) is 18.2. The second-order valence-corrected chi connectivity index (χ2v) is 6.98.